The van der Waals surface area contributed by atoms with E-state index in [0.717, 1.165) is 37.3 Å². The second-order valence-electron chi connectivity index (χ2n) is 10.1. The number of hydrogen-bond donors (Lipinski definition) is 3. The van der Waals surface area contributed by atoms with Gasteiger partial charge in [0.25, 0.3) is 0 Å². The van der Waals surface area contributed by atoms with Crippen molar-refractivity contribution in [1.82, 2.24) is 14.8 Å². The summed E-state index contributed by atoms with van der Waals surface area (Å²) in [6.07, 6.45) is 3.65. The van der Waals surface area contributed by atoms with E-state index in [4.69, 9.17) is 11.6 Å². The van der Waals surface area contributed by atoms with Crippen molar-refractivity contribution in [3.63, 3.8) is 0 Å². The van der Waals surface area contributed by atoms with Gasteiger partial charge in [-0.1, -0.05) is 11.6 Å². The van der Waals surface area contributed by atoms with Crippen LogP contribution in [-0.4, -0.2) is 74.1 Å². The van der Waals surface area contributed by atoms with E-state index in [1.807, 2.05) is 24.3 Å². The Morgan fingerprint density at radius 3 is 2.41 bits per heavy atom. The Balaban J connectivity index is 1.35. The zero-order valence-electron chi connectivity index (χ0n) is 22.6. The molecule has 0 atom stereocenters. The van der Waals surface area contributed by atoms with Gasteiger partial charge in [0.15, 0.2) is 9.84 Å². The number of piperidine rings is 1. The molecular weight excluding hydrogens is 556 g/mol. The van der Waals surface area contributed by atoms with Crippen molar-refractivity contribution in [3.8, 4) is 0 Å². The first-order chi connectivity index (χ1) is 18.5. The lowest BCUT2D eigenvalue weighted by atomic mass is 10.0. The highest BCUT2D eigenvalue weighted by Crippen LogP contribution is 2.35. The van der Waals surface area contributed by atoms with Crippen LogP contribution in [0.15, 0.2) is 52.2 Å². The summed E-state index contributed by atoms with van der Waals surface area (Å²) in [7, 11) is 0.774. The molecule has 0 saturated carbocycles. The fourth-order valence-electron chi connectivity index (χ4n) is 4.35. The van der Waals surface area contributed by atoms with Gasteiger partial charge in [0.1, 0.15) is 10.0 Å². The second-order valence-corrected chi connectivity index (χ2v) is 14.1. The van der Waals surface area contributed by atoms with Gasteiger partial charge in [-0.25, -0.2) is 13.4 Å². The predicted octanol–water partition coefficient (Wildman–Crippen LogP) is 5.43. The molecule has 0 spiro atoms. The van der Waals surface area contributed by atoms with Gasteiger partial charge in [0.05, 0.1) is 34.4 Å². The Labute approximate surface area is 239 Å². The van der Waals surface area contributed by atoms with Crippen molar-refractivity contribution in [2.45, 2.75) is 42.2 Å². The van der Waals surface area contributed by atoms with Crippen molar-refractivity contribution in [2.75, 3.05) is 49.7 Å². The van der Waals surface area contributed by atoms with Crippen LogP contribution >= 0.6 is 22.9 Å². The summed E-state index contributed by atoms with van der Waals surface area (Å²) in [5.41, 5.74) is 2.51. The van der Waals surface area contributed by atoms with Crippen LogP contribution in [-0.2, 0) is 14.6 Å². The zero-order chi connectivity index (χ0) is 28.2. The largest absolute Gasteiger partial charge is 0.352 e. The number of nitrogens with zero attached hydrogens (tertiary/aromatic N) is 3. The van der Waals surface area contributed by atoms with Crippen LogP contribution in [0.25, 0.3) is 0 Å². The first kappa shape index (κ1) is 29.3. The normalized spacial score (nSPS) is 15.1. The minimum Gasteiger partial charge on any atom is -0.352 e. The highest BCUT2D eigenvalue weighted by Gasteiger charge is 2.25. The van der Waals surface area contributed by atoms with E-state index in [9.17, 15) is 13.2 Å². The molecule has 12 heteroatoms. The minimum atomic E-state index is -3.44. The quantitative estimate of drug-likeness (QED) is 0.287. The molecule has 0 aliphatic carbocycles. The number of benzene rings is 1. The zero-order valence-corrected chi connectivity index (χ0v) is 25.0. The fraction of sp³-hybridized carbons (Fsp3) is 0.407. The van der Waals surface area contributed by atoms with E-state index >= 15 is 0 Å². The van der Waals surface area contributed by atoms with Gasteiger partial charge >= 0.3 is 0 Å². The number of carbonyl (C=O) groups is 1. The molecule has 2 aromatic heterocycles. The number of anilines is 5. The first-order valence-corrected chi connectivity index (χ1v) is 15.6. The van der Waals surface area contributed by atoms with Crippen molar-refractivity contribution in [3.05, 3.63) is 53.0 Å². The number of carbonyl (C=O) groups excluding carboxylic acids is 1. The molecule has 210 valence electrons. The standard InChI is InChI=1S/C27H35ClN6O3S2/c1-18(2)39(36,37)27-23(11-14-38-27)32-24-15-25(29-16-22(24)28)30-19-5-7-20(8-6-19)31-26(35)17-34-12-9-21(10-13-34)33(3)4/h5-8,11,14-16,18,21H,9-10,12-13,17H2,1-4H3,(H,31,35)(H2,29,30,32). The number of hydrogen-bond acceptors (Lipinski definition) is 9. The molecule has 3 N–H and O–H groups in total. The Morgan fingerprint density at radius 2 is 1.77 bits per heavy atom. The molecular formula is C27H35ClN6O3S2. The molecule has 0 bridgehead atoms. The minimum absolute atomic E-state index is 0.0265. The summed E-state index contributed by atoms with van der Waals surface area (Å²) >= 11 is 7.53. The average molecular weight is 591 g/mol. The molecule has 1 saturated heterocycles. The molecule has 0 radical (unpaired) electrons. The van der Waals surface area contributed by atoms with Crippen LogP contribution < -0.4 is 16.0 Å². The number of amides is 1. The summed E-state index contributed by atoms with van der Waals surface area (Å²) in [6, 6.07) is 11.4. The smallest absolute Gasteiger partial charge is 0.238 e. The molecule has 1 aliphatic rings. The molecule has 39 heavy (non-hydrogen) atoms. The van der Waals surface area contributed by atoms with E-state index in [0.29, 0.717) is 34.8 Å². The average Bonchev–Trinajstić information content (AvgIpc) is 3.36. The number of nitrogens with one attached hydrogen (secondary N) is 3. The fourth-order valence-corrected chi connectivity index (χ4v) is 7.21. The molecule has 3 aromatic rings. The molecule has 4 rings (SSSR count). The lowest BCUT2D eigenvalue weighted by molar-refractivity contribution is -0.117. The molecule has 1 fully saturated rings. The van der Waals surface area contributed by atoms with E-state index < -0.39 is 15.1 Å². The van der Waals surface area contributed by atoms with Crippen LogP contribution in [0.5, 0.6) is 0 Å². The van der Waals surface area contributed by atoms with Gasteiger partial charge in [-0.05, 0) is 76.5 Å². The summed E-state index contributed by atoms with van der Waals surface area (Å²) < 4.78 is 25.7. The maximum Gasteiger partial charge on any atom is 0.238 e. The monoisotopic (exact) mass is 590 g/mol. The molecule has 1 amide bonds. The third-order valence-corrected chi connectivity index (χ3v) is 10.7. The Morgan fingerprint density at radius 1 is 1.10 bits per heavy atom. The van der Waals surface area contributed by atoms with Crippen molar-refractivity contribution < 1.29 is 13.2 Å². The summed E-state index contributed by atoms with van der Waals surface area (Å²) in [5, 5.41) is 10.9. The Bertz CT molecular complexity index is 1380. The van der Waals surface area contributed by atoms with Crippen LogP contribution in [0.4, 0.5) is 28.6 Å². The summed E-state index contributed by atoms with van der Waals surface area (Å²) in [5.74, 6) is 0.504. The predicted molar refractivity (Wildman–Crippen MR) is 161 cm³/mol. The molecule has 1 aliphatic heterocycles. The Kier molecular flexibility index (Phi) is 9.50. The van der Waals surface area contributed by atoms with Crippen LogP contribution in [0, 0.1) is 0 Å². The van der Waals surface area contributed by atoms with Gasteiger partial charge in [0, 0.05) is 36.6 Å². The van der Waals surface area contributed by atoms with Crippen LogP contribution in [0.1, 0.15) is 26.7 Å². The Hall–Kier alpha value is -2.70. The SMILES string of the molecule is CC(C)S(=O)(=O)c1sccc1Nc1cc(Nc2ccc(NC(=O)CN3CCC(N(C)C)CC3)cc2)ncc1Cl. The maximum absolute atomic E-state index is 12.7. The highest BCUT2D eigenvalue weighted by molar-refractivity contribution is 7.94. The lowest BCUT2D eigenvalue weighted by Crippen LogP contribution is -2.44. The third-order valence-electron chi connectivity index (χ3n) is 6.73. The second kappa shape index (κ2) is 12.6. The summed E-state index contributed by atoms with van der Waals surface area (Å²) in [4.78, 5) is 21.3. The highest BCUT2D eigenvalue weighted by atomic mass is 35.5. The molecule has 3 heterocycles. The number of likely N-dealkylation sites (tertiary alicyclic amines) is 1. The number of pyridine rings is 1. The third kappa shape index (κ3) is 7.49. The molecule has 0 unspecified atom stereocenters. The maximum atomic E-state index is 12.7. The van der Waals surface area contributed by atoms with Crippen LogP contribution in [0.3, 0.4) is 0 Å². The van der Waals surface area contributed by atoms with Crippen molar-refractivity contribution in [2.24, 2.45) is 0 Å². The van der Waals surface area contributed by atoms with Gasteiger partial charge in [-0.2, -0.15) is 0 Å². The summed E-state index contributed by atoms with van der Waals surface area (Å²) in [6.45, 7) is 5.55. The van der Waals surface area contributed by atoms with E-state index in [-0.39, 0.29) is 10.1 Å². The van der Waals surface area contributed by atoms with Gasteiger partial charge in [-0.15, -0.1) is 11.3 Å². The lowest BCUT2D eigenvalue weighted by Gasteiger charge is -2.34. The number of thiophene rings is 1. The number of aromatic nitrogens is 1. The van der Waals surface area contributed by atoms with Crippen molar-refractivity contribution in [1.29, 1.82) is 0 Å². The van der Waals surface area contributed by atoms with Crippen LogP contribution in [0.2, 0.25) is 5.02 Å². The number of halogens is 1. The van der Waals surface area contributed by atoms with E-state index in [1.165, 1.54) is 17.5 Å². The van der Waals surface area contributed by atoms with E-state index in [1.54, 1.807) is 31.4 Å². The molecule has 1 aromatic carbocycles. The van der Waals surface area contributed by atoms with Gasteiger partial charge in [-0.3, -0.25) is 9.69 Å². The van der Waals surface area contributed by atoms with Gasteiger partial charge in [0.2, 0.25) is 5.91 Å². The number of sulfone groups is 1. The van der Waals surface area contributed by atoms with Crippen molar-refractivity contribution >= 4 is 67.2 Å². The number of rotatable bonds is 10. The van der Waals surface area contributed by atoms with Gasteiger partial charge < -0.3 is 20.9 Å². The topological polar surface area (TPSA) is 107 Å². The first-order valence-electron chi connectivity index (χ1n) is 12.8. The molecule has 9 nitrogen and oxygen atoms in total. The van der Waals surface area contributed by atoms with E-state index in [2.05, 4.69) is 44.8 Å².